The van der Waals surface area contributed by atoms with E-state index < -0.39 is 29.1 Å². The maximum atomic E-state index is 16.1. The van der Waals surface area contributed by atoms with Crippen molar-refractivity contribution in [3.05, 3.63) is 59.8 Å². The number of hydrogen-bond donors (Lipinski definition) is 2. The molecular weight excluding hydrogens is 525 g/mol. The number of halogens is 3. The van der Waals surface area contributed by atoms with E-state index >= 15 is 4.39 Å². The van der Waals surface area contributed by atoms with Gasteiger partial charge in [0, 0.05) is 49.8 Å². The first-order valence-corrected chi connectivity index (χ1v) is 13.2. The van der Waals surface area contributed by atoms with E-state index in [1.54, 1.807) is 37.0 Å². The fourth-order valence-electron chi connectivity index (χ4n) is 5.36. The molecule has 0 saturated carbocycles. The number of rotatable bonds is 11. The number of aromatic nitrogens is 1. The van der Waals surface area contributed by atoms with Gasteiger partial charge in [0.15, 0.2) is 0 Å². The van der Waals surface area contributed by atoms with Crippen molar-refractivity contribution in [2.24, 2.45) is 5.41 Å². The summed E-state index contributed by atoms with van der Waals surface area (Å²) >= 11 is 0. The third-order valence-electron chi connectivity index (χ3n) is 7.68. The minimum atomic E-state index is -1.39. The van der Waals surface area contributed by atoms with Gasteiger partial charge in [0.25, 0.3) is 0 Å². The molecule has 0 bridgehead atoms. The second-order valence-corrected chi connectivity index (χ2v) is 10.4. The van der Waals surface area contributed by atoms with Crippen LogP contribution in [0.5, 0.6) is 11.5 Å². The quantitative estimate of drug-likeness (QED) is 0.251. The lowest BCUT2D eigenvalue weighted by Gasteiger charge is -2.40. The third kappa shape index (κ3) is 6.59. The van der Waals surface area contributed by atoms with Crippen molar-refractivity contribution >= 4 is 22.5 Å². The number of likely N-dealkylation sites (tertiary alicyclic amines) is 1. The molecule has 1 aromatic heterocycles. The molecule has 1 unspecified atom stereocenters. The van der Waals surface area contributed by atoms with Gasteiger partial charge in [-0.3, -0.25) is 19.9 Å². The summed E-state index contributed by atoms with van der Waals surface area (Å²) in [5, 5.41) is 10.2. The Kier molecular flexibility index (Phi) is 9.36. The van der Waals surface area contributed by atoms with Gasteiger partial charge in [0.1, 0.15) is 35.9 Å². The lowest BCUT2D eigenvalue weighted by Crippen LogP contribution is -2.49. The van der Waals surface area contributed by atoms with Crippen LogP contribution in [0.15, 0.2) is 42.6 Å². The number of hydrogen-bond acceptors (Lipinski definition) is 7. The van der Waals surface area contributed by atoms with Gasteiger partial charge in [-0.1, -0.05) is 0 Å². The first-order chi connectivity index (χ1) is 19.2. The molecule has 0 radical (unpaired) electrons. The molecule has 0 spiro atoms. The highest BCUT2D eigenvalue weighted by Gasteiger charge is 2.41. The Morgan fingerprint density at radius 2 is 1.85 bits per heavy atom. The molecule has 11 heteroatoms. The Hall–Kier alpha value is -3.57. The summed E-state index contributed by atoms with van der Waals surface area (Å²) in [5.41, 5.74) is 2.62. The number of fused-ring (bicyclic) bond motifs is 1. The van der Waals surface area contributed by atoms with E-state index in [9.17, 15) is 18.8 Å². The van der Waals surface area contributed by atoms with Gasteiger partial charge >= 0.3 is 0 Å². The average molecular weight is 561 g/mol. The summed E-state index contributed by atoms with van der Waals surface area (Å²) in [4.78, 5) is 21.2. The van der Waals surface area contributed by atoms with Crippen LogP contribution in [0.4, 0.5) is 18.9 Å². The number of nitrogens with zero attached hydrogens (tertiary/aromatic N) is 3. The van der Waals surface area contributed by atoms with E-state index in [1.807, 2.05) is 19.0 Å². The van der Waals surface area contributed by atoms with Gasteiger partial charge in [-0.2, -0.15) is 0 Å². The standard InChI is InChI=1S/C29H35F3N4O4/c1-35(2)26-18-33-25-5-4-21(39-3)17-23(25)27(26)24(32)6-7-29(28(37)34-38)8-10-36(11-9-29)12-13-40-22-15-19(30)14-20(31)16-22/h4-5,14-18,24,38H,6-13H2,1-3H3,(H,34,37). The number of pyridine rings is 1. The monoisotopic (exact) mass is 560 g/mol. The number of nitrogens with one attached hydrogen (secondary N) is 1. The number of carbonyl (C=O) groups is 1. The number of carbonyl (C=O) groups excluding carboxylic acids is 1. The third-order valence-corrected chi connectivity index (χ3v) is 7.68. The minimum absolute atomic E-state index is 0.0683. The van der Waals surface area contributed by atoms with E-state index in [4.69, 9.17) is 9.47 Å². The number of amides is 1. The van der Waals surface area contributed by atoms with E-state index in [2.05, 4.69) is 9.88 Å². The lowest BCUT2D eigenvalue weighted by molar-refractivity contribution is -0.143. The molecular formula is C29H35F3N4O4. The molecule has 216 valence electrons. The van der Waals surface area contributed by atoms with Crippen molar-refractivity contribution < 1.29 is 32.6 Å². The number of anilines is 1. The zero-order valence-corrected chi connectivity index (χ0v) is 22.9. The SMILES string of the molecule is COc1ccc2ncc(N(C)C)c(C(F)CCC3(C(=O)NO)CCN(CCOc4cc(F)cc(F)c4)CC3)c2c1. The predicted molar refractivity (Wildman–Crippen MR) is 146 cm³/mol. The summed E-state index contributed by atoms with van der Waals surface area (Å²) in [6, 6.07) is 8.35. The summed E-state index contributed by atoms with van der Waals surface area (Å²) in [6.45, 7) is 1.73. The van der Waals surface area contributed by atoms with Crippen molar-refractivity contribution in [1.29, 1.82) is 0 Å². The van der Waals surface area contributed by atoms with E-state index in [-0.39, 0.29) is 25.2 Å². The summed E-state index contributed by atoms with van der Waals surface area (Å²) < 4.78 is 53.7. The lowest BCUT2D eigenvalue weighted by atomic mass is 9.73. The first kappa shape index (κ1) is 29.4. The van der Waals surface area contributed by atoms with Crippen molar-refractivity contribution in [3.63, 3.8) is 0 Å². The van der Waals surface area contributed by atoms with Gasteiger partial charge in [-0.15, -0.1) is 0 Å². The van der Waals surface area contributed by atoms with Crippen molar-refractivity contribution in [2.45, 2.75) is 31.9 Å². The Balaban J connectivity index is 1.44. The van der Waals surface area contributed by atoms with Crippen LogP contribution in [-0.2, 0) is 4.79 Å². The molecule has 1 fully saturated rings. The first-order valence-electron chi connectivity index (χ1n) is 13.2. The Bertz CT molecular complexity index is 1310. The van der Waals surface area contributed by atoms with Crippen molar-refractivity contribution in [3.8, 4) is 11.5 Å². The molecule has 0 aliphatic carbocycles. The zero-order valence-electron chi connectivity index (χ0n) is 22.9. The van der Waals surface area contributed by atoms with E-state index in [0.29, 0.717) is 60.4 Å². The molecule has 2 N–H and O–H groups in total. The predicted octanol–water partition coefficient (Wildman–Crippen LogP) is 5.05. The molecule has 1 saturated heterocycles. The topological polar surface area (TPSA) is 87.2 Å². The highest BCUT2D eigenvalue weighted by atomic mass is 19.1. The van der Waals surface area contributed by atoms with Crippen molar-refractivity contribution in [2.75, 3.05) is 52.3 Å². The number of hydroxylamine groups is 1. The number of piperidine rings is 1. The van der Waals surface area contributed by atoms with Crippen LogP contribution in [0, 0.1) is 17.0 Å². The Labute approximate surface area is 231 Å². The molecule has 40 heavy (non-hydrogen) atoms. The van der Waals surface area contributed by atoms with Gasteiger partial charge in [-0.25, -0.2) is 18.7 Å². The largest absolute Gasteiger partial charge is 0.497 e. The van der Waals surface area contributed by atoms with Crippen LogP contribution >= 0.6 is 0 Å². The molecule has 4 rings (SSSR count). The second-order valence-electron chi connectivity index (χ2n) is 10.4. The molecule has 1 aliphatic rings. The van der Waals surface area contributed by atoms with Crippen LogP contribution in [0.25, 0.3) is 10.9 Å². The fraction of sp³-hybridized carbons (Fsp3) is 0.448. The zero-order chi connectivity index (χ0) is 28.9. The van der Waals surface area contributed by atoms with E-state index in [0.717, 1.165) is 18.2 Å². The summed E-state index contributed by atoms with van der Waals surface area (Å²) in [5.74, 6) is -1.25. The number of alkyl halides is 1. The fourth-order valence-corrected chi connectivity index (χ4v) is 5.36. The Morgan fingerprint density at radius 1 is 1.15 bits per heavy atom. The van der Waals surface area contributed by atoms with Crippen LogP contribution in [-0.4, -0.2) is 68.4 Å². The molecule has 1 aliphatic heterocycles. The number of ether oxygens (including phenoxy) is 2. The number of benzene rings is 2. The smallest absolute Gasteiger partial charge is 0.249 e. The molecule has 1 atom stereocenters. The Morgan fingerprint density at radius 3 is 2.48 bits per heavy atom. The molecule has 8 nitrogen and oxygen atoms in total. The van der Waals surface area contributed by atoms with E-state index in [1.165, 1.54) is 0 Å². The van der Waals surface area contributed by atoms with Crippen LogP contribution in [0.2, 0.25) is 0 Å². The maximum Gasteiger partial charge on any atom is 0.249 e. The van der Waals surface area contributed by atoms with Gasteiger partial charge < -0.3 is 14.4 Å². The second kappa shape index (κ2) is 12.7. The molecule has 2 aromatic carbocycles. The molecule has 2 heterocycles. The maximum absolute atomic E-state index is 16.1. The highest BCUT2D eigenvalue weighted by molar-refractivity contribution is 5.88. The van der Waals surface area contributed by atoms with Gasteiger partial charge in [-0.05, 0) is 57.0 Å². The summed E-state index contributed by atoms with van der Waals surface area (Å²) in [6.07, 6.45) is 1.37. The number of methoxy groups -OCH3 is 1. The van der Waals surface area contributed by atoms with Crippen LogP contribution in [0.3, 0.4) is 0 Å². The minimum Gasteiger partial charge on any atom is -0.497 e. The van der Waals surface area contributed by atoms with Crippen LogP contribution < -0.4 is 19.9 Å². The summed E-state index contributed by atoms with van der Waals surface area (Å²) in [7, 11) is 5.20. The van der Waals surface area contributed by atoms with Crippen molar-refractivity contribution in [1.82, 2.24) is 15.4 Å². The highest BCUT2D eigenvalue weighted by Crippen LogP contribution is 2.43. The van der Waals surface area contributed by atoms with Gasteiger partial charge in [0.2, 0.25) is 5.91 Å². The van der Waals surface area contributed by atoms with Gasteiger partial charge in [0.05, 0.1) is 29.9 Å². The average Bonchev–Trinajstić information content (AvgIpc) is 2.94. The molecule has 3 aromatic rings. The van der Waals surface area contributed by atoms with Crippen LogP contribution in [0.1, 0.15) is 37.4 Å². The molecule has 1 amide bonds. The normalized spacial score (nSPS) is 16.0.